The minimum absolute atomic E-state index is 0.273. The fraction of sp³-hybridized carbons (Fsp3) is 0.283. The summed E-state index contributed by atoms with van der Waals surface area (Å²) < 4.78 is 24.1. The quantitative estimate of drug-likeness (QED) is 0.0562. The third-order valence-electron chi connectivity index (χ3n) is 10.5. The molecule has 62 heavy (non-hydrogen) atoms. The molecule has 6 aromatic rings. The zero-order chi connectivity index (χ0) is 43.6. The highest BCUT2D eigenvalue weighted by molar-refractivity contribution is 7.95. The Morgan fingerprint density at radius 3 is 1.48 bits per heavy atom. The first-order valence-corrected chi connectivity index (χ1v) is 23.5. The van der Waals surface area contributed by atoms with Crippen molar-refractivity contribution in [2.24, 2.45) is 0 Å². The molecule has 0 aliphatic heterocycles. The van der Waals surface area contributed by atoms with E-state index in [9.17, 15) is 9.59 Å². The van der Waals surface area contributed by atoms with Crippen LogP contribution < -0.4 is 30.1 Å². The Kier molecular flexibility index (Phi) is 16.6. The topological polar surface area (TPSA) is 77.5 Å². The van der Waals surface area contributed by atoms with Crippen molar-refractivity contribution < 1.29 is 28.5 Å². The Morgan fingerprint density at radius 2 is 0.984 bits per heavy atom. The second kappa shape index (κ2) is 22.7. The van der Waals surface area contributed by atoms with Gasteiger partial charge in [0.05, 0.1) is 6.16 Å². The van der Waals surface area contributed by atoms with Crippen LogP contribution in [0.25, 0.3) is 0 Å². The van der Waals surface area contributed by atoms with Crippen LogP contribution >= 0.6 is 7.26 Å². The van der Waals surface area contributed by atoms with Crippen LogP contribution in [-0.4, -0.2) is 60.4 Å². The number of ether oxygens (including phenoxy) is 4. The fourth-order valence-corrected chi connectivity index (χ4v) is 11.7. The third-order valence-corrected chi connectivity index (χ3v) is 15.1. The first-order valence-electron chi connectivity index (χ1n) is 21.5. The Hall–Kier alpha value is -6.11. The van der Waals surface area contributed by atoms with E-state index >= 15 is 0 Å². The second-order valence-corrected chi connectivity index (χ2v) is 20.0. The molecule has 8 nitrogen and oxygen atoms in total. The van der Waals surface area contributed by atoms with Crippen LogP contribution in [0.1, 0.15) is 57.6 Å². The molecule has 0 aromatic heterocycles. The molecule has 0 bridgehead atoms. The highest BCUT2D eigenvalue weighted by atomic mass is 31.2. The molecule has 0 aliphatic carbocycles. The van der Waals surface area contributed by atoms with E-state index in [4.69, 9.17) is 18.9 Å². The lowest BCUT2D eigenvalue weighted by Gasteiger charge is -2.28. The summed E-state index contributed by atoms with van der Waals surface area (Å²) in [7, 11) is -0.242. The minimum Gasteiger partial charge on any atom is -0.485 e. The smallest absolute Gasteiger partial charge is 0.415 e. The highest BCUT2D eigenvalue weighted by Crippen LogP contribution is 2.56. The van der Waals surface area contributed by atoms with Crippen molar-refractivity contribution in [3.8, 4) is 17.2 Å². The second-order valence-electron chi connectivity index (χ2n) is 16.4. The number of likely N-dealkylation sites (N-methyl/N-ethyl adjacent to an activating group) is 1. The number of hydrogen-bond donors (Lipinski definition) is 0. The molecule has 0 heterocycles. The predicted molar refractivity (Wildman–Crippen MR) is 253 cm³/mol. The van der Waals surface area contributed by atoms with Crippen molar-refractivity contribution in [3.05, 3.63) is 181 Å². The van der Waals surface area contributed by atoms with Gasteiger partial charge in [0.1, 0.15) is 47.7 Å². The molecule has 6 rings (SSSR count). The summed E-state index contributed by atoms with van der Waals surface area (Å²) in [6.07, 6.45) is 3.82. The van der Waals surface area contributed by atoms with Crippen molar-refractivity contribution in [2.45, 2.75) is 65.3 Å². The van der Waals surface area contributed by atoms with Crippen molar-refractivity contribution in [1.82, 2.24) is 9.80 Å². The lowest BCUT2D eigenvalue weighted by molar-refractivity contribution is 0.0283. The maximum absolute atomic E-state index is 14.0. The van der Waals surface area contributed by atoms with E-state index in [2.05, 4.69) is 91.0 Å². The zero-order valence-corrected chi connectivity index (χ0v) is 37.4. The van der Waals surface area contributed by atoms with Gasteiger partial charge in [0, 0.05) is 32.7 Å². The molecule has 0 fully saturated rings. The molecule has 0 saturated heterocycles. The van der Waals surface area contributed by atoms with Gasteiger partial charge in [-0.15, -0.1) is 0 Å². The number of benzene rings is 6. The van der Waals surface area contributed by atoms with Gasteiger partial charge in [-0.2, -0.15) is 0 Å². The van der Waals surface area contributed by atoms with Crippen LogP contribution in [0.3, 0.4) is 0 Å². The van der Waals surface area contributed by atoms with E-state index in [1.165, 1.54) is 20.8 Å². The molecule has 0 radical (unpaired) electrons. The first kappa shape index (κ1) is 45.4. The van der Waals surface area contributed by atoms with Gasteiger partial charge in [0.25, 0.3) is 0 Å². The molecule has 0 aliphatic rings. The minimum atomic E-state index is -1.93. The zero-order valence-electron chi connectivity index (χ0n) is 36.5. The van der Waals surface area contributed by atoms with Crippen LogP contribution in [0, 0.1) is 0 Å². The van der Waals surface area contributed by atoms with Gasteiger partial charge in [-0.05, 0) is 99.7 Å². The van der Waals surface area contributed by atoms with Crippen molar-refractivity contribution in [2.75, 3.05) is 32.8 Å². The molecule has 322 valence electrons. The van der Waals surface area contributed by atoms with Gasteiger partial charge >= 0.3 is 12.2 Å². The molecule has 0 N–H and O–H groups in total. The molecule has 0 atom stereocenters. The third kappa shape index (κ3) is 13.2. The van der Waals surface area contributed by atoms with E-state index in [1.54, 1.807) is 30.1 Å². The lowest BCUT2D eigenvalue weighted by atomic mass is 10.2. The molecule has 6 aromatic carbocycles. The van der Waals surface area contributed by atoms with Gasteiger partial charge in [-0.1, -0.05) is 122 Å². The summed E-state index contributed by atoms with van der Waals surface area (Å²) in [4.78, 5) is 30.1. The van der Waals surface area contributed by atoms with Crippen molar-refractivity contribution in [1.29, 1.82) is 0 Å². The van der Waals surface area contributed by atoms with Crippen molar-refractivity contribution >= 4 is 35.4 Å². The maximum atomic E-state index is 14.0. The summed E-state index contributed by atoms with van der Waals surface area (Å²) in [6.45, 7) is 7.20. The first-order chi connectivity index (χ1) is 30.1. The van der Waals surface area contributed by atoms with Gasteiger partial charge in [-0.3, -0.25) is 0 Å². The summed E-state index contributed by atoms with van der Waals surface area (Å²) in [5.41, 5.74) is 1.38. The SMILES string of the molecule is CN(CCN(CCCCCC[P+](c1ccccc1)(c1ccccc1)c1ccccc1)C(=O)Oc1ccc(OCc2ccccc2)c(OCc2ccccc2)c1)C(=O)OC(C)(C)C. The molecular weight excluding hydrogens is 792 g/mol. The van der Waals surface area contributed by atoms with Crippen LogP contribution in [0.2, 0.25) is 0 Å². The highest BCUT2D eigenvalue weighted by Gasteiger charge is 2.44. The molecule has 2 amide bonds. The number of amides is 2. The molecule has 0 unspecified atom stereocenters. The van der Waals surface area contributed by atoms with E-state index < -0.39 is 25.1 Å². The predicted octanol–water partition coefficient (Wildman–Crippen LogP) is 11.1. The Morgan fingerprint density at radius 1 is 0.516 bits per heavy atom. The summed E-state index contributed by atoms with van der Waals surface area (Å²) in [5.74, 6) is 1.34. The Balaban J connectivity index is 1.14. The van der Waals surface area contributed by atoms with E-state index in [0.29, 0.717) is 37.0 Å². The molecule has 0 saturated carbocycles. The van der Waals surface area contributed by atoms with E-state index in [1.807, 2.05) is 81.4 Å². The number of carbonyl (C=O) groups is 2. The van der Waals surface area contributed by atoms with Crippen LogP contribution in [0.15, 0.2) is 170 Å². The molecule has 9 heteroatoms. The van der Waals surface area contributed by atoms with Crippen LogP contribution in [0.4, 0.5) is 9.59 Å². The maximum Gasteiger partial charge on any atom is 0.415 e. The number of hydrogen-bond acceptors (Lipinski definition) is 6. The van der Waals surface area contributed by atoms with Crippen LogP contribution in [0.5, 0.6) is 17.2 Å². The van der Waals surface area contributed by atoms with Crippen molar-refractivity contribution in [3.63, 3.8) is 0 Å². The summed E-state index contributed by atoms with van der Waals surface area (Å²) >= 11 is 0. The Labute approximate surface area is 368 Å². The Bertz CT molecular complexity index is 2160. The molecular formula is C53H60N2O6P+. The van der Waals surface area contributed by atoms with Gasteiger partial charge < -0.3 is 28.7 Å². The number of nitrogens with zero attached hydrogens (tertiary/aromatic N) is 2. The van der Waals surface area contributed by atoms with Gasteiger partial charge in [0.2, 0.25) is 0 Å². The normalized spacial score (nSPS) is 11.4. The summed E-state index contributed by atoms with van der Waals surface area (Å²) in [6, 6.07) is 57.9. The fourth-order valence-electron chi connectivity index (χ4n) is 7.30. The monoisotopic (exact) mass is 851 g/mol. The summed E-state index contributed by atoms with van der Waals surface area (Å²) in [5, 5.41) is 4.14. The average Bonchev–Trinajstić information content (AvgIpc) is 3.29. The van der Waals surface area contributed by atoms with Crippen LogP contribution in [-0.2, 0) is 18.0 Å². The van der Waals surface area contributed by atoms with E-state index in [0.717, 1.165) is 43.0 Å². The largest absolute Gasteiger partial charge is 0.485 e. The number of rotatable bonds is 20. The average molecular weight is 852 g/mol. The lowest BCUT2D eigenvalue weighted by Crippen LogP contribution is -2.42. The van der Waals surface area contributed by atoms with Gasteiger partial charge in [-0.25, -0.2) is 9.59 Å². The molecule has 0 spiro atoms. The standard InChI is InChI=1S/C53H60N2O6P/c1-53(2,3)61-51(56)54(4)37-38-55(36-22-5-6-23-39-62(46-28-16-9-17-29-46,47-30-18-10-19-31-47)48-32-20-11-21-33-48)52(57)60-45-34-35-49(58-41-43-24-12-7-13-25-43)50(40-45)59-42-44-26-14-8-15-27-44/h7-21,24-35,40H,5-6,22-23,36-39,41-42H2,1-4H3/q+1. The van der Waals surface area contributed by atoms with E-state index in [-0.39, 0.29) is 13.1 Å². The number of carbonyl (C=O) groups excluding carboxylic acids is 2. The number of unbranched alkanes of at least 4 members (excludes halogenated alkanes) is 3. The van der Waals surface area contributed by atoms with Gasteiger partial charge in [0.15, 0.2) is 11.5 Å².